The molecule has 3 aromatic heterocycles. The first-order valence-corrected chi connectivity index (χ1v) is 17.6. The van der Waals surface area contributed by atoms with E-state index in [0.717, 1.165) is 48.7 Å². The average Bonchev–Trinajstić information content (AvgIpc) is 3.35. The van der Waals surface area contributed by atoms with Gasteiger partial charge in [-0.2, -0.15) is 0 Å². The Morgan fingerprint density at radius 1 is 1.06 bits per heavy atom. The Bertz CT molecular complexity index is 1730. The van der Waals surface area contributed by atoms with Crippen molar-refractivity contribution in [1.29, 1.82) is 0 Å². The number of hydrogen-bond donors (Lipinski definition) is 3. The SMILES string of the molecule is O=C(N[C@H]1CCCCC/C=C\[C@@H]2C[C@@]2(C(=O)O)NC(=O)[C@@H]2C[C@@H](Oc3cc(-c4ccccn4)nc4ccsc34)CN2C1=O)OC1CCC1. The Hall–Kier alpha value is -4.52. The summed E-state index contributed by atoms with van der Waals surface area (Å²) < 4.78 is 12.9. The minimum Gasteiger partial charge on any atom is -0.487 e. The van der Waals surface area contributed by atoms with E-state index in [2.05, 4.69) is 15.6 Å². The maximum absolute atomic E-state index is 14.3. The van der Waals surface area contributed by atoms with Crippen molar-refractivity contribution in [3.05, 3.63) is 54.1 Å². The molecule has 4 aliphatic rings. The van der Waals surface area contributed by atoms with E-state index in [1.54, 1.807) is 6.20 Å². The van der Waals surface area contributed by atoms with Crippen LogP contribution in [0.25, 0.3) is 21.6 Å². The van der Waals surface area contributed by atoms with Crippen molar-refractivity contribution < 1.29 is 33.8 Å². The number of nitrogens with zero attached hydrogens (tertiary/aromatic N) is 3. The fraction of sp³-hybridized carbons (Fsp3) is 0.486. The number of carboxylic acid groups (broad SMARTS) is 1. The first kappa shape index (κ1) is 32.0. The molecule has 3 aromatic rings. The molecule has 2 saturated carbocycles. The zero-order chi connectivity index (χ0) is 33.3. The lowest BCUT2D eigenvalue weighted by molar-refractivity contribution is -0.145. The fourth-order valence-electron chi connectivity index (χ4n) is 6.80. The van der Waals surface area contributed by atoms with Crippen molar-refractivity contribution in [2.45, 2.75) is 94.0 Å². The molecule has 0 radical (unpaired) electrons. The molecule has 13 heteroatoms. The van der Waals surface area contributed by atoms with E-state index in [-0.39, 0.29) is 31.4 Å². The van der Waals surface area contributed by atoms with Gasteiger partial charge in [-0.05, 0) is 68.5 Å². The van der Waals surface area contributed by atoms with E-state index in [1.807, 2.05) is 47.9 Å². The van der Waals surface area contributed by atoms with Crippen molar-refractivity contribution in [3.8, 4) is 17.1 Å². The third-order valence-corrected chi connectivity index (χ3v) is 10.8. The highest BCUT2D eigenvalue weighted by Gasteiger charge is 2.61. The van der Waals surface area contributed by atoms with Crippen LogP contribution in [0.2, 0.25) is 0 Å². The molecule has 3 amide bonds. The smallest absolute Gasteiger partial charge is 0.408 e. The normalized spacial score (nSPS) is 28.5. The van der Waals surface area contributed by atoms with E-state index in [9.17, 15) is 24.3 Å². The van der Waals surface area contributed by atoms with Gasteiger partial charge >= 0.3 is 12.1 Å². The van der Waals surface area contributed by atoms with Gasteiger partial charge in [-0.1, -0.05) is 31.1 Å². The molecule has 2 aliphatic carbocycles. The summed E-state index contributed by atoms with van der Waals surface area (Å²) in [6.07, 6.45) is 10.7. The van der Waals surface area contributed by atoms with Crippen molar-refractivity contribution in [1.82, 2.24) is 25.5 Å². The highest BCUT2D eigenvalue weighted by atomic mass is 32.1. The molecule has 0 bridgehead atoms. The van der Waals surface area contributed by atoms with Crippen LogP contribution < -0.4 is 15.4 Å². The maximum Gasteiger partial charge on any atom is 0.408 e. The lowest BCUT2D eigenvalue weighted by Gasteiger charge is -2.30. The van der Waals surface area contributed by atoms with Gasteiger partial charge in [-0.25, -0.2) is 14.6 Å². The number of aromatic nitrogens is 2. The van der Waals surface area contributed by atoms with E-state index >= 15 is 0 Å². The summed E-state index contributed by atoms with van der Waals surface area (Å²) in [5.41, 5.74) is 0.630. The van der Waals surface area contributed by atoms with Crippen LogP contribution in [0.3, 0.4) is 0 Å². The Labute approximate surface area is 281 Å². The first-order chi connectivity index (χ1) is 23.3. The summed E-state index contributed by atoms with van der Waals surface area (Å²) in [6, 6.07) is 7.38. The number of hydrogen-bond acceptors (Lipinski definition) is 9. The van der Waals surface area contributed by atoms with E-state index in [1.165, 1.54) is 16.2 Å². The summed E-state index contributed by atoms with van der Waals surface area (Å²) in [6.45, 7) is 0.0737. The average molecular weight is 674 g/mol. The molecule has 252 valence electrons. The van der Waals surface area contributed by atoms with Crippen LogP contribution >= 0.6 is 11.3 Å². The van der Waals surface area contributed by atoms with Gasteiger partial charge in [0.1, 0.15) is 35.6 Å². The van der Waals surface area contributed by atoms with Gasteiger partial charge in [-0.15, -0.1) is 11.3 Å². The van der Waals surface area contributed by atoms with Crippen molar-refractivity contribution in [2.75, 3.05) is 6.54 Å². The molecule has 48 heavy (non-hydrogen) atoms. The Morgan fingerprint density at radius 3 is 2.71 bits per heavy atom. The third kappa shape index (κ3) is 6.60. The van der Waals surface area contributed by atoms with Crippen molar-refractivity contribution in [2.24, 2.45) is 5.92 Å². The fourth-order valence-corrected chi connectivity index (χ4v) is 7.59. The number of ether oxygens (including phenoxy) is 2. The van der Waals surface area contributed by atoms with Gasteiger partial charge in [-0.3, -0.25) is 14.6 Å². The summed E-state index contributed by atoms with van der Waals surface area (Å²) in [7, 11) is 0. The van der Waals surface area contributed by atoms with Gasteiger partial charge in [0, 0.05) is 24.6 Å². The van der Waals surface area contributed by atoms with Crippen LogP contribution in [0.4, 0.5) is 4.79 Å². The Morgan fingerprint density at radius 2 is 1.94 bits per heavy atom. The number of rotatable bonds is 6. The van der Waals surface area contributed by atoms with Crippen LogP contribution in [0, 0.1) is 5.92 Å². The van der Waals surface area contributed by atoms with Crippen LogP contribution in [0.1, 0.15) is 64.2 Å². The molecule has 12 nitrogen and oxygen atoms in total. The standard InChI is InChI=1S/C35H39N5O7S/c41-31-28-17-23(46-29-18-27(24-12-6-7-15-36-24)37-25-14-16-48-30(25)29)20-40(28)32(42)26(38-34(45)47-22-10-8-11-22)13-5-3-1-2-4-9-21-19-35(21,39-31)33(43)44/h4,6-7,9,12,14-16,18,21-23,26,28H,1-3,5,8,10-11,13,17,19-20H2,(H,38,45)(H,39,41)(H,43,44)/b9-4-/t21-,23-,26+,28+,35-/m1/s1. The summed E-state index contributed by atoms with van der Waals surface area (Å²) >= 11 is 1.48. The molecule has 0 spiro atoms. The summed E-state index contributed by atoms with van der Waals surface area (Å²) in [5.74, 6) is -1.84. The molecular weight excluding hydrogens is 634 g/mol. The monoisotopic (exact) mass is 673 g/mol. The lowest BCUT2D eigenvalue weighted by Crippen LogP contribution is -2.56. The summed E-state index contributed by atoms with van der Waals surface area (Å²) in [4.78, 5) is 64.2. The topological polar surface area (TPSA) is 160 Å². The number of alkyl carbamates (subject to hydrolysis) is 1. The number of aliphatic carboxylic acids is 1. The molecule has 2 aliphatic heterocycles. The highest BCUT2D eigenvalue weighted by molar-refractivity contribution is 7.17. The predicted molar refractivity (Wildman–Crippen MR) is 177 cm³/mol. The second-order valence-electron chi connectivity index (χ2n) is 13.1. The number of pyridine rings is 2. The third-order valence-electron chi connectivity index (χ3n) is 9.84. The van der Waals surface area contributed by atoms with E-state index < -0.39 is 47.6 Å². The van der Waals surface area contributed by atoms with E-state index in [4.69, 9.17) is 14.5 Å². The quantitative estimate of drug-likeness (QED) is 0.312. The van der Waals surface area contributed by atoms with Gasteiger partial charge in [0.05, 0.1) is 28.1 Å². The minimum atomic E-state index is -1.42. The molecule has 5 heterocycles. The lowest BCUT2D eigenvalue weighted by atomic mass is 9.96. The molecule has 0 aromatic carbocycles. The predicted octanol–water partition coefficient (Wildman–Crippen LogP) is 4.83. The van der Waals surface area contributed by atoms with Crippen LogP contribution in [-0.4, -0.2) is 80.2 Å². The molecule has 3 fully saturated rings. The van der Waals surface area contributed by atoms with E-state index in [0.29, 0.717) is 30.0 Å². The molecule has 3 N–H and O–H groups in total. The number of fused-ring (bicyclic) bond motifs is 3. The van der Waals surface area contributed by atoms with Gasteiger partial charge in [0.2, 0.25) is 11.8 Å². The number of nitrogens with one attached hydrogen (secondary N) is 2. The number of amides is 3. The van der Waals surface area contributed by atoms with Crippen molar-refractivity contribution in [3.63, 3.8) is 0 Å². The molecule has 0 unspecified atom stereocenters. The summed E-state index contributed by atoms with van der Waals surface area (Å²) in [5, 5.41) is 17.7. The van der Waals surface area contributed by atoms with Crippen LogP contribution in [0.15, 0.2) is 54.1 Å². The highest BCUT2D eigenvalue weighted by Crippen LogP contribution is 2.45. The second kappa shape index (κ2) is 13.5. The Balaban J connectivity index is 1.18. The molecule has 5 atom stereocenters. The minimum absolute atomic E-state index is 0.0737. The zero-order valence-electron chi connectivity index (χ0n) is 26.5. The Kier molecular flexibility index (Phi) is 9.04. The second-order valence-corrected chi connectivity index (χ2v) is 14.1. The molecular formula is C35H39N5O7S. The van der Waals surface area contributed by atoms with Crippen LogP contribution in [-0.2, 0) is 19.1 Å². The van der Waals surface area contributed by atoms with Gasteiger partial charge in [0.15, 0.2) is 0 Å². The zero-order valence-corrected chi connectivity index (χ0v) is 27.3. The number of carbonyl (C=O) groups excluding carboxylic acids is 3. The van der Waals surface area contributed by atoms with Crippen LogP contribution in [0.5, 0.6) is 5.75 Å². The number of carboxylic acids is 1. The molecule has 1 saturated heterocycles. The number of allylic oxidation sites excluding steroid dienone is 1. The molecule has 7 rings (SSSR count). The maximum atomic E-state index is 14.3. The van der Waals surface area contributed by atoms with Crippen molar-refractivity contribution >= 4 is 45.4 Å². The van der Waals surface area contributed by atoms with Gasteiger partial charge < -0.3 is 30.1 Å². The first-order valence-electron chi connectivity index (χ1n) is 16.8. The van der Waals surface area contributed by atoms with Gasteiger partial charge in [0.25, 0.3) is 0 Å². The number of carbonyl (C=O) groups is 4. The number of thiophene rings is 1. The largest absolute Gasteiger partial charge is 0.487 e.